The lowest BCUT2D eigenvalue weighted by atomic mass is 10.1. The minimum Gasteiger partial charge on any atom is -0.0841 e. The highest BCUT2D eigenvalue weighted by molar-refractivity contribution is 5.21. The molecule has 0 aromatic carbocycles. The summed E-state index contributed by atoms with van der Waals surface area (Å²) in [6, 6.07) is 0. The Labute approximate surface area is 50.9 Å². The molecule has 1 aliphatic carbocycles. The molecule has 0 unspecified atom stereocenters. The SMILES string of the molecule is CC(C)=C1CC=CC1. The minimum atomic E-state index is 1.20. The molecule has 44 valence electrons. The predicted octanol–water partition coefficient (Wildman–Crippen LogP) is 2.67. The molecule has 0 aromatic rings. The number of rotatable bonds is 0. The topological polar surface area (TPSA) is 0 Å². The summed E-state index contributed by atoms with van der Waals surface area (Å²) in [5.74, 6) is 0. The van der Waals surface area contributed by atoms with Crippen molar-refractivity contribution in [3.63, 3.8) is 0 Å². The second kappa shape index (κ2) is 2.17. The number of hydrogen-bond acceptors (Lipinski definition) is 0. The van der Waals surface area contributed by atoms with Crippen LogP contribution in [0, 0.1) is 0 Å². The van der Waals surface area contributed by atoms with Crippen LogP contribution < -0.4 is 0 Å². The van der Waals surface area contributed by atoms with E-state index in [4.69, 9.17) is 0 Å². The Morgan fingerprint density at radius 2 is 1.75 bits per heavy atom. The first-order valence-corrected chi connectivity index (χ1v) is 3.11. The van der Waals surface area contributed by atoms with Crippen molar-refractivity contribution in [3.05, 3.63) is 23.3 Å². The molecule has 1 rings (SSSR count). The molecule has 0 N–H and O–H groups in total. The van der Waals surface area contributed by atoms with Crippen molar-refractivity contribution in [3.8, 4) is 0 Å². The third kappa shape index (κ3) is 1.00. The van der Waals surface area contributed by atoms with E-state index in [-0.39, 0.29) is 0 Å². The molecule has 0 heterocycles. The Morgan fingerprint density at radius 3 is 2.00 bits per heavy atom. The molecule has 0 amide bonds. The van der Waals surface area contributed by atoms with Gasteiger partial charge in [-0.15, -0.1) is 0 Å². The summed E-state index contributed by atoms with van der Waals surface area (Å²) in [7, 11) is 0. The largest absolute Gasteiger partial charge is 0.0841 e. The van der Waals surface area contributed by atoms with Gasteiger partial charge in [0.25, 0.3) is 0 Å². The smallest absolute Gasteiger partial charge is 0.0133 e. The molecule has 0 spiro atoms. The van der Waals surface area contributed by atoms with Gasteiger partial charge in [0.15, 0.2) is 0 Å². The zero-order valence-corrected chi connectivity index (χ0v) is 5.57. The highest BCUT2D eigenvalue weighted by atomic mass is 14.1. The molecule has 1 aliphatic rings. The van der Waals surface area contributed by atoms with Crippen LogP contribution in [0.1, 0.15) is 26.7 Å². The van der Waals surface area contributed by atoms with Crippen LogP contribution in [-0.4, -0.2) is 0 Å². The molecule has 8 heavy (non-hydrogen) atoms. The highest BCUT2D eigenvalue weighted by Crippen LogP contribution is 2.19. The monoisotopic (exact) mass is 108 g/mol. The molecule has 0 aliphatic heterocycles. The standard InChI is InChI=1S/C8H12/c1-7(2)8-5-3-4-6-8/h3-4H,5-6H2,1-2H3. The maximum Gasteiger partial charge on any atom is -0.0133 e. The minimum absolute atomic E-state index is 1.20. The molecule has 0 aromatic heterocycles. The normalized spacial score (nSPS) is 17.5. The summed E-state index contributed by atoms with van der Waals surface area (Å²) >= 11 is 0. The van der Waals surface area contributed by atoms with Gasteiger partial charge in [0, 0.05) is 0 Å². The maximum absolute atomic E-state index is 2.24. The van der Waals surface area contributed by atoms with Gasteiger partial charge in [0.1, 0.15) is 0 Å². The Balaban J connectivity index is 2.64. The van der Waals surface area contributed by atoms with Crippen molar-refractivity contribution >= 4 is 0 Å². The molecule has 0 nitrogen and oxygen atoms in total. The van der Waals surface area contributed by atoms with Gasteiger partial charge >= 0.3 is 0 Å². The van der Waals surface area contributed by atoms with Crippen molar-refractivity contribution in [1.82, 2.24) is 0 Å². The Morgan fingerprint density at radius 1 is 1.25 bits per heavy atom. The number of allylic oxidation sites excluding steroid dienone is 4. The van der Waals surface area contributed by atoms with Gasteiger partial charge in [0.2, 0.25) is 0 Å². The number of hydrogen-bond donors (Lipinski definition) is 0. The summed E-state index contributed by atoms with van der Waals surface area (Å²) in [5, 5.41) is 0. The van der Waals surface area contributed by atoms with Crippen molar-refractivity contribution in [1.29, 1.82) is 0 Å². The summed E-state index contributed by atoms with van der Waals surface area (Å²) in [6.07, 6.45) is 6.87. The van der Waals surface area contributed by atoms with Gasteiger partial charge in [-0.25, -0.2) is 0 Å². The zero-order valence-electron chi connectivity index (χ0n) is 5.57. The van der Waals surface area contributed by atoms with E-state index in [1.165, 1.54) is 18.4 Å². The predicted molar refractivity (Wildman–Crippen MR) is 36.7 cm³/mol. The highest BCUT2D eigenvalue weighted by Gasteiger charge is 1.99. The summed E-state index contributed by atoms with van der Waals surface area (Å²) < 4.78 is 0. The lowest BCUT2D eigenvalue weighted by Gasteiger charge is -1.95. The summed E-state index contributed by atoms with van der Waals surface area (Å²) in [6.45, 7) is 4.37. The Kier molecular flexibility index (Phi) is 1.52. The first-order valence-electron chi connectivity index (χ1n) is 3.11. The fourth-order valence-electron chi connectivity index (χ4n) is 0.943. The fourth-order valence-corrected chi connectivity index (χ4v) is 0.943. The molecular formula is C8H12. The van der Waals surface area contributed by atoms with Gasteiger partial charge < -0.3 is 0 Å². The molecule has 0 radical (unpaired) electrons. The first kappa shape index (κ1) is 5.61. The van der Waals surface area contributed by atoms with Crippen molar-refractivity contribution < 1.29 is 0 Å². The Hall–Kier alpha value is -0.520. The van der Waals surface area contributed by atoms with E-state index >= 15 is 0 Å². The third-order valence-electron chi connectivity index (χ3n) is 1.60. The quantitative estimate of drug-likeness (QED) is 0.418. The molecule has 0 saturated carbocycles. The zero-order chi connectivity index (χ0) is 5.98. The van der Waals surface area contributed by atoms with E-state index in [2.05, 4.69) is 26.0 Å². The van der Waals surface area contributed by atoms with E-state index in [1.54, 1.807) is 5.57 Å². The van der Waals surface area contributed by atoms with Crippen molar-refractivity contribution in [2.75, 3.05) is 0 Å². The summed E-state index contributed by atoms with van der Waals surface area (Å²) in [4.78, 5) is 0. The van der Waals surface area contributed by atoms with Crippen LogP contribution in [0.25, 0.3) is 0 Å². The maximum atomic E-state index is 2.24. The van der Waals surface area contributed by atoms with Crippen LogP contribution in [0.15, 0.2) is 23.3 Å². The first-order chi connectivity index (χ1) is 3.80. The summed E-state index contributed by atoms with van der Waals surface area (Å²) in [5.41, 5.74) is 3.10. The van der Waals surface area contributed by atoms with E-state index in [0.29, 0.717) is 0 Å². The second-order valence-electron chi connectivity index (χ2n) is 2.48. The average molecular weight is 108 g/mol. The lowest BCUT2D eigenvalue weighted by molar-refractivity contribution is 1.12. The van der Waals surface area contributed by atoms with Crippen LogP contribution >= 0.6 is 0 Å². The van der Waals surface area contributed by atoms with Crippen LogP contribution in [-0.2, 0) is 0 Å². The van der Waals surface area contributed by atoms with Gasteiger partial charge in [0.05, 0.1) is 0 Å². The molecule has 0 bridgehead atoms. The van der Waals surface area contributed by atoms with Crippen molar-refractivity contribution in [2.24, 2.45) is 0 Å². The van der Waals surface area contributed by atoms with Gasteiger partial charge in [-0.05, 0) is 26.7 Å². The van der Waals surface area contributed by atoms with E-state index in [1.807, 2.05) is 0 Å². The fraction of sp³-hybridized carbons (Fsp3) is 0.500. The van der Waals surface area contributed by atoms with Crippen LogP contribution in [0.2, 0.25) is 0 Å². The van der Waals surface area contributed by atoms with E-state index in [9.17, 15) is 0 Å². The van der Waals surface area contributed by atoms with Crippen LogP contribution in [0.4, 0.5) is 0 Å². The average Bonchev–Trinajstić information content (AvgIpc) is 2.12. The lowest BCUT2D eigenvalue weighted by Crippen LogP contribution is -1.75. The Bertz CT molecular complexity index is 124. The molecular weight excluding hydrogens is 96.1 g/mol. The van der Waals surface area contributed by atoms with Gasteiger partial charge in [-0.1, -0.05) is 23.3 Å². The van der Waals surface area contributed by atoms with E-state index < -0.39 is 0 Å². The van der Waals surface area contributed by atoms with Gasteiger partial charge in [-0.2, -0.15) is 0 Å². The van der Waals surface area contributed by atoms with E-state index in [0.717, 1.165) is 0 Å². The molecule has 0 atom stereocenters. The van der Waals surface area contributed by atoms with Gasteiger partial charge in [-0.3, -0.25) is 0 Å². The molecule has 0 saturated heterocycles. The second-order valence-corrected chi connectivity index (χ2v) is 2.48. The van der Waals surface area contributed by atoms with Crippen LogP contribution in [0.5, 0.6) is 0 Å². The van der Waals surface area contributed by atoms with Crippen molar-refractivity contribution in [2.45, 2.75) is 26.7 Å². The molecule has 0 fully saturated rings. The third-order valence-corrected chi connectivity index (χ3v) is 1.60. The molecule has 0 heteroatoms. The van der Waals surface area contributed by atoms with Crippen LogP contribution in [0.3, 0.4) is 0 Å².